The maximum atomic E-state index is 5.96. The second kappa shape index (κ2) is 3.98. The van der Waals surface area contributed by atoms with Crippen molar-refractivity contribution in [3.05, 3.63) is 48.4 Å². The Labute approximate surface area is 109 Å². The maximum Gasteiger partial charge on any atom is 0.177 e. The minimum absolute atomic E-state index is 0.121. The first-order chi connectivity index (χ1) is 9.40. The summed E-state index contributed by atoms with van der Waals surface area (Å²) in [6.07, 6.45) is 1.62. The molecule has 0 saturated carbocycles. The molecule has 94 valence electrons. The molecule has 3 aromatic rings. The molecule has 19 heavy (non-hydrogen) atoms. The Bertz CT molecular complexity index is 704. The number of imidazole rings is 1. The Morgan fingerprint density at radius 3 is 3.05 bits per heavy atom. The molecule has 0 aliphatic carbocycles. The SMILES string of the molecule is c1ccc2c(c1)NCC(c1nc3ncccc3[nH]1)O2. The quantitative estimate of drug-likeness (QED) is 0.698. The van der Waals surface area contributed by atoms with Gasteiger partial charge in [0.25, 0.3) is 0 Å². The third-order valence-electron chi connectivity index (χ3n) is 3.21. The smallest absolute Gasteiger partial charge is 0.177 e. The number of para-hydroxylation sites is 2. The number of nitrogens with one attached hydrogen (secondary N) is 2. The normalized spacial score (nSPS) is 17.6. The molecule has 2 aromatic heterocycles. The second-order valence-electron chi connectivity index (χ2n) is 4.48. The predicted octanol–water partition coefficient (Wildman–Crippen LogP) is 2.50. The Morgan fingerprint density at radius 2 is 2.11 bits per heavy atom. The number of hydrogen-bond donors (Lipinski definition) is 2. The molecule has 2 N–H and O–H groups in total. The standard InChI is InChI=1S/C14H12N4O/c1-2-6-11-9(4-1)16-8-12(19-11)14-17-10-5-3-7-15-13(10)18-14/h1-7,12,16H,8H2,(H,15,17,18). The first-order valence-electron chi connectivity index (χ1n) is 6.20. The lowest BCUT2D eigenvalue weighted by atomic mass is 10.2. The zero-order valence-electron chi connectivity index (χ0n) is 10.1. The summed E-state index contributed by atoms with van der Waals surface area (Å²) in [6, 6.07) is 11.8. The third kappa shape index (κ3) is 1.71. The van der Waals surface area contributed by atoms with E-state index >= 15 is 0 Å². The highest BCUT2D eigenvalue weighted by Gasteiger charge is 2.23. The summed E-state index contributed by atoms with van der Waals surface area (Å²) >= 11 is 0. The lowest BCUT2D eigenvalue weighted by Crippen LogP contribution is -2.24. The topological polar surface area (TPSA) is 62.8 Å². The van der Waals surface area contributed by atoms with E-state index in [0.29, 0.717) is 6.54 Å². The molecule has 0 radical (unpaired) electrons. The summed E-state index contributed by atoms with van der Waals surface area (Å²) in [5, 5.41) is 3.35. The van der Waals surface area contributed by atoms with Crippen LogP contribution in [0.2, 0.25) is 0 Å². The van der Waals surface area contributed by atoms with Gasteiger partial charge in [0.05, 0.1) is 17.7 Å². The summed E-state index contributed by atoms with van der Waals surface area (Å²) in [6.45, 7) is 0.691. The summed E-state index contributed by atoms with van der Waals surface area (Å²) in [7, 11) is 0. The number of nitrogens with zero attached hydrogens (tertiary/aromatic N) is 2. The largest absolute Gasteiger partial charge is 0.478 e. The van der Waals surface area contributed by atoms with Crippen LogP contribution in [0.15, 0.2) is 42.6 Å². The van der Waals surface area contributed by atoms with Crippen molar-refractivity contribution >= 4 is 16.9 Å². The molecule has 5 nitrogen and oxygen atoms in total. The van der Waals surface area contributed by atoms with Gasteiger partial charge in [0.15, 0.2) is 17.6 Å². The van der Waals surface area contributed by atoms with Gasteiger partial charge in [-0.3, -0.25) is 0 Å². The summed E-state index contributed by atoms with van der Waals surface area (Å²) in [4.78, 5) is 12.0. The molecule has 0 fully saturated rings. The molecule has 1 aliphatic heterocycles. The van der Waals surface area contributed by atoms with E-state index in [1.807, 2.05) is 36.4 Å². The van der Waals surface area contributed by atoms with Crippen LogP contribution in [-0.4, -0.2) is 21.5 Å². The third-order valence-corrected chi connectivity index (χ3v) is 3.21. The zero-order chi connectivity index (χ0) is 12.7. The molecule has 0 spiro atoms. The highest BCUT2D eigenvalue weighted by atomic mass is 16.5. The number of hydrogen-bond acceptors (Lipinski definition) is 4. The molecule has 0 bridgehead atoms. The molecule has 1 aliphatic rings. The van der Waals surface area contributed by atoms with Gasteiger partial charge >= 0.3 is 0 Å². The highest BCUT2D eigenvalue weighted by Crippen LogP contribution is 2.33. The number of anilines is 1. The Morgan fingerprint density at radius 1 is 1.16 bits per heavy atom. The van der Waals surface area contributed by atoms with E-state index in [9.17, 15) is 0 Å². The number of ether oxygens (including phenoxy) is 1. The van der Waals surface area contributed by atoms with Crippen molar-refractivity contribution in [1.82, 2.24) is 15.0 Å². The van der Waals surface area contributed by atoms with Gasteiger partial charge in [-0.1, -0.05) is 12.1 Å². The fourth-order valence-electron chi connectivity index (χ4n) is 2.28. The summed E-state index contributed by atoms with van der Waals surface area (Å²) < 4.78 is 5.96. The lowest BCUT2D eigenvalue weighted by Gasteiger charge is -2.25. The Kier molecular flexibility index (Phi) is 2.17. The number of rotatable bonds is 1. The van der Waals surface area contributed by atoms with Crippen molar-refractivity contribution in [2.24, 2.45) is 0 Å². The summed E-state index contributed by atoms with van der Waals surface area (Å²) in [5.74, 6) is 1.66. The van der Waals surface area contributed by atoms with Crippen LogP contribution in [0, 0.1) is 0 Å². The van der Waals surface area contributed by atoms with Crippen molar-refractivity contribution in [3.63, 3.8) is 0 Å². The fraction of sp³-hybridized carbons (Fsp3) is 0.143. The van der Waals surface area contributed by atoms with Crippen LogP contribution in [0.3, 0.4) is 0 Å². The van der Waals surface area contributed by atoms with E-state index in [1.54, 1.807) is 6.20 Å². The average molecular weight is 252 g/mol. The van der Waals surface area contributed by atoms with Gasteiger partial charge in [0, 0.05) is 6.20 Å². The molecule has 0 amide bonds. The fourth-order valence-corrected chi connectivity index (χ4v) is 2.28. The summed E-state index contributed by atoms with van der Waals surface area (Å²) in [5.41, 5.74) is 2.67. The van der Waals surface area contributed by atoms with Crippen molar-refractivity contribution in [1.29, 1.82) is 0 Å². The lowest BCUT2D eigenvalue weighted by molar-refractivity contribution is 0.202. The molecular weight excluding hydrogens is 240 g/mol. The highest BCUT2D eigenvalue weighted by molar-refractivity contribution is 5.70. The van der Waals surface area contributed by atoms with E-state index in [2.05, 4.69) is 20.3 Å². The van der Waals surface area contributed by atoms with E-state index in [0.717, 1.165) is 28.4 Å². The van der Waals surface area contributed by atoms with E-state index < -0.39 is 0 Å². The molecule has 0 saturated heterocycles. The number of aromatic amines is 1. The first kappa shape index (κ1) is 10.4. The van der Waals surface area contributed by atoms with Crippen molar-refractivity contribution in [2.75, 3.05) is 11.9 Å². The van der Waals surface area contributed by atoms with Gasteiger partial charge in [0.2, 0.25) is 0 Å². The van der Waals surface area contributed by atoms with Crippen LogP contribution in [-0.2, 0) is 0 Å². The maximum absolute atomic E-state index is 5.96. The van der Waals surface area contributed by atoms with Gasteiger partial charge in [-0.05, 0) is 24.3 Å². The molecule has 3 heterocycles. The number of pyridine rings is 1. The number of fused-ring (bicyclic) bond motifs is 2. The number of aromatic nitrogens is 3. The van der Waals surface area contributed by atoms with E-state index in [-0.39, 0.29) is 6.10 Å². The molecule has 4 rings (SSSR count). The molecular formula is C14H12N4O. The van der Waals surface area contributed by atoms with Gasteiger partial charge < -0.3 is 15.0 Å². The van der Waals surface area contributed by atoms with Crippen molar-refractivity contribution in [3.8, 4) is 5.75 Å². The van der Waals surface area contributed by atoms with Crippen LogP contribution >= 0.6 is 0 Å². The zero-order valence-corrected chi connectivity index (χ0v) is 10.1. The van der Waals surface area contributed by atoms with Crippen molar-refractivity contribution in [2.45, 2.75) is 6.10 Å². The molecule has 5 heteroatoms. The molecule has 1 atom stereocenters. The van der Waals surface area contributed by atoms with Gasteiger partial charge in [-0.25, -0.2) is 9.97 Å². The van der Waals surface area contributed by atoms with Crippen LogP contribution in [0.5, 0.6) is 5.75 Å². The minimum atomic E-state index is -0.121. The van der Waals surface area contributed by atoms with Gasteiger partial charge in [-0.2, -0.15) is 0 Å². The van der Waals surface area contributed by atoms with Crippen LogP contribution in [0.25, 0.3) is 11.2 Å². The monoisotopic (exact) mass is 252 g/mol. The van der Waals surface area contributed by atoms with Crippen molar-refractivity contribution < 1.29 is 4.74 Å². The van der Waals surface area contributed by atoms with E-state index in [1.165, 1.54) is 0 Å². The Hall–Kier alpha value is -2.56. The Balaban J connectivity index is 1.70. The average Bonchev–Trinajstić information content (AvgIpc) is 2.90. The second-order valence-corrected chi connectivity index (χ2v) is 4.48. The van der Waals surface area contributed by atoms with Crippen LogP contribution in [0.4, 0.5) is 5.69 Å². The van der Waals surface area contributed by atoms with Crippen LogP contribution < -0.4 is 10.1 Å². The number of H-pyrrole nitrogens is 1. The molecule has 1 aromatic carbocycles. The predicted molar refractivity (Wildman–Crippen MR) is 72.2 cm³/mol. The van der Waals surface area contributed by atoms with Gasteiger partial charge in [0.1, 0.15) is 5.75 Å². The first-order valence-corrected chi connectivity index (χ1v) is 6.20. The van der Waals surface area contributed by atoms with Crippen LogP contribution in [0.1, 0.15) is 11.9 Å². The minimum Gasteiger partial charge on any atom is -0.478 e. The van der Waals surface area contributed by atoms with E-state index in [4.69, 9.17) is 4.74 Å². The molecule has 1 unspecified atom stereocenters. The van der Waals surface area contributed by atoms with Gasteiger partial charge in [-0.15, -0.1) is 0 Å². The number of benzene rings is 1.